The minimum atomic E-state index is -0.783. The lowest BCUT2D eigenvalue weighted by atomic mass is 9.83. The first-order valence-electron chi connectivity index (χ1n) is 18.6. The van der Waals surface area contributed by atoms with Gasteiger partial charge in [0.1, 0.15) is 11.6 Å². The van der Waals surface area contributed by atoms with Crippen molar-refractivity contribution in [2.45, 2.75) is 59.2 Å². The lowest BCUT2D eigenvalue weighted by molar-refractivity contribution is -0.133. The molecule has 0 saturated heterocycles. The average molecular weight is 789 g/mol. The Balaban J connectivity index is 1.70. The summed E-state index contributed by atoms with van der Waals surface area (Å²) in [7, 11) is 1.61. The fourth-order valence-corrected chi connectivity index (χ4v) is 7.01. The third-order valence-corrected chi connectivity index (χ3v) is 9.71. The molecule has 0 aliphatic rings. The molecular weight excluding hydrogens is 731 g/mol. The number of thioether (sulfide) groups is 1. The van der Waals surface area contributed by atoms with Crippen LogP contribution in [0.3, 0.4) is 0 Å². The fourth-order valence-electron chi connectivity index (χ4n) is 5.99. The van der Waals surface area contributed by atoms with Gasteiger partial charge >= 0.3 is 0 Å². The third kappa shape index (κ3) is 15.8. The number of halogens is 2. The molecule has 2 atom stereocenters. The number of aromatic nitrogens is 1. The number of hydrogen-bond donors (Lipinski definition) is 2. The topological polar surface area (TPSA) is 134 Å². The number of hydrogen-bond acceptors (Lipinski definition) is 9. The van der Waals surface area contributed by atoms with E-state index in [1.165, 1.54) is 24.8 Å². The van der Waals surface area contributed by atoms with Crippen molar-refractivity contribution >= 4 is 29.4 Å². The molecule has 0 aliphatic carbocycles. The van der Waals surface area contributed by atoms with E-state index in [4.69, 9.17) is 24.7 Å². The van der Waals surface area contributed by atoms with Crippen LogP contribution in [0.2, 0.25) is 0 Å². The van der Waals surface area contributed by atoms with Crippen molar-refractivity contribution in [2.75, 3.05) is 78.0 Å². The summed E-state index contributed by atoms with van der Waals surface area (Å²) in [6.07, 6.45) is 2.41. The van der Waals surface area contributed by atoms with Crippen LogP contribution < -0.4 is 11.1 Å². The second-order valence-electron chi connectivity index (χ2n) is 14.2. The Kier molecular flexibility index (Phi) is 20.0. The zero-order valence-corrected chi connectivity index (χ0v) is 33.6. The summed E-state index contributed by atoms with van der Waals surface area (Å²) in [6.45, 7) is 11.4. The van der Waals surface area contributed by atoms with Crippen LogP contribution in [-0.2, 0) is 39.9 Å². The van der Waals surface area contributed by atoms with Gasteiger partial charge in [0, 0.05) is 55.4 Å². The van der Waals surface area contributed by atoms with E-state index < -0.39 is 29.1 Å². The van der Waals surface area contributed by atoms with Gasteiger partial charge < -0.3 is 39.5 Å². The number of carbonyl (C=O) groups is 3. The zero-order valence-electron chi connectivity index (χ0n) is 32.8. The van der Waals surface area contributed by atoms with Crippen LogP contribution in [0.15, 0.2) is 60.8 Å². The lowest BCUT2D eigenvalue weighted by Gasteiger charge is -2.41. The Morgan fingerprint density at radius 3 is 2.20 bits per heavy atom. The van der Waals surface area contributed by atoms with E-state index in [1.54, 1.807) is 18.2 Å². The number of nitrogens with two attached hydrogens (primary N) is 1. The molecule has 3 N–H and O–H groups in total. The van der Waals surface area contributed by atoms with Crippen molar-refractivity contribution < 1.29 is 42.1 Å². The predicted octanol–water partition coefficient (Wildman–Crippen LogP) is 5.64. The molecule has 304 valence electrons. The molecule has 2 amide bonds. The molecule has 55 heavy (non-hydrogen) atoms. The number of ketones is 1. The number of carbonyl (C=O) groups excluding carboxylic acids is 3. The minimum Gasteiger partial charge on any atom is -0.382 e. The molecule has 14 heteroatoms. The normalized spacial score (nSPS) is 12.7. The van der Waals surface area contributed by atoms with Gasteiger partial charge in [0.05, 0.1) is 64.1 Å². The van der Waals surface area contributed by atoms with Crippen molar-refractivity contribution in [3.63, 3.8) is 0 Å². The number of nitrogens with zero attached hydrogens (tertiary/aromatic N) is 2. The van der Waals surface area contributed by atoms with Crippen molar-refractivity contribution in [3.05, 3.63) is 83.7 Å². The van der Waals surface area contributed by atoms with Crippen molar-refractivity contribution in [1.82, 2.24) is 14.8 Å². The number of Topliss-reactive ketones (excluding diaryl/α,β-unsaturated/α-hetero) is 1. The molecule has 1 aromatic heterocycles. The molecule has 0 fully saturated rings. The van der Waals surface area contributed by atoms with Crippen LogP contribution in [0.1, 0.15) is 57.8 Å². The number of rotatable bonds is 26. The van der Waals surface area contributed by atoms with E-state index in [2.05, 4.69) is 5.32 Å². The fraction of sp³-hybridized carbons (Fsp3) is 0.537. The van der Waals surface area contributed by atoms with E-state index in [0.29, 0.717) is 71.3 Å². The Hall–Kier alpha value is -3.66. The van der Waals surface area contributed by atoms with Gasteiger partial charge in [-0.05, 0) is 55.1 Å². The molecule has 0 saturated carbocycles. The molecule has 0 bridgehead atoms. The zero-order chi connectivity index (χ0) is 40.2. The van der Waals surface area contributed by atoms with Crippen LogP contribution in [0.5, 0.6) is 0 Å². The van der Waals surface area contributed by atoms with Gasteiger partial charge in [-0.3, -0.25) is 14.4 Å². The molecule has 3 aromatic rings. The molecule has 3 rings (SSSR count). The summed E-state index contributed by atoms with van der Waals surface area (Å²) < 4.78 is 52.6. The smallest absolute Gasteiger partial charge is 0.233 e. The van der Waals surface area contributed by atoms with Crippen LogP contribution in [0, 0.1) is 17.0 Å². The summed E-state index contributed by atoms with van der Waals surface area (Å²) >= 11 is 1.26. The largest absolute Gasteiger partial charge is 0.382 e. The summed E-state index contributed by atoms with van der Waals surface area (Å²) in [5, 5.41) is 2.77. The minimum absolute atomic E-state index is 0.0438. The predicted molar refractivity (Wildman–Crippen MR) is 212 cm³/mol. The van der Waals surface area contributed by atoms with E-state index in [9.17, 15) is 18.8 Å². The molecule has 2 unspecified atom stereocenters. The first-order valence-corrected chi connectivity index (χ1v) is 19.8. The lowest BCUT2D eigenvalue weighted by Crippen LogP contribution is -2.45. The summed E-state index contributed by atoms with van der Waals surface area (Å²) in [6, 6.07) is 13.7. The summed E-state index contributed by atoms with van der Waals surface area (Å²) in [5.74, 6) is -1.58. The number of ether oxygens (including phenoxy) is 4. The molecule has 0 spiro atoms. The van der Waals surface area contributed by atoms with Gasteiger partial charge in [-0.15, -0.1) is 11.8 Å². The highest BCUT2D eigenvalue weighted by molar-refractivity contribution is 8.00. The van der Waals surface area contributed by atoms with Gasteiger partial charge in [-0.2, -0.15) is 0 Å². The first kappa shape index (κ1) is 45.7. The van der Waals surface area contributed by atoms with Gasteiger partial charge in [0.15, 0.2) is 5.78 Å². The van der Waals surface area contributed by atoms with Gasteiger partial charge in [0.2, 0.25) is 11.8 Å². The van der Waals surface area contributed by atoms with Crippen molar-refractivity contribution in [2.24, 2.45) is 11.1 Å². The van der Waals surface area contributed by atoms with E-state index in [1.807, 2.05) is 61.7 Å². The van der Waals surface area contributed by atoms with Crippen LogP contribution in [0.25, 0.3) is 11.1 Å². The molecule has 11 nitrogen and oxygen atoms in total. The molecule has 2 aromatic carbocycles. The molecule has 0 aliphatic heterocycles. The van der Waals surface area contributed by atoms with E-state index in [-0.39, 0.29) is 47.7 Å². The average Bonchev–Trinajstić information content (AvgIpc) is 3.54. The summed E-state index contributed by atoms with van der Waals surface area (Å²) in [4.78, 5) is 41.2. The van der Waals surface area contributed by atoms with E-state index >= 15 is 4.39 Å². The van der Waals surface area contributed by atoms with Crippen LogP contribution >= 0.6 is 11.8 Å². The molecule has 0 radical (unpaired) electrons. The van der Waals surface area contributed by atoms with Crippen LogP contribution in [0.4, 0.5) is 8.78 Å². The quantitative estimate of drug-likeness (QED) is 0.0993. The Morgan fingerprint density at radius 2 is 1.58 bits per heavy atom. The number of methoxy groups -OCH3 is 1. The Bertz CT molecular complexity index is 1620. The van der Waals surface area contributed by atoms with E-state index in [0.717, 1.165) is 23.4 Å². The molecule has 1 heterocycles. The van der Waals surface area contributed by atoms with Crippen molar-refractivity contribution in [1.29, 1.82) is 0 Å². The second-order valence-corrected chi connectivity index (χ2v) is 15.2. The maximum atomic E-state index is 15.1. The monoisotopic (exact) mass is 788 g/mol. The third-order valence-electron chi connectivity index (χ3n) is 8.69. The highest BCUT2D eigenvalue weighted by atomic mass is 32.2. The van der Waals surface area contributed by atoms with Gasteiger partial charge in [-0.25, -0.2) is 8.78 Å². The number of benzene rings is 2. The highest BCUT2D eigenvalue weighted by Gasteiger charge is 2.37. The first-order chi connectivity index (χ1) is 26.3. The number of amides is 2. The SMILES string of the molecule is COCCOCCOCCOCCC(=O)NC(CSCC(=O)N(CCCN)C(c1cc(-c2cc(F)ccc2F)cn1Cc1ccccc1)C(C)(C)C)C(C)=O. The van der Waals surface area contributed by atoms with Gasteiger partial charge in [0.25, 0.3) is 0 Å². The van der Waals surface area contributed by atoms with Crippen molar-refractivity contribution in [3.8, 4) is 11.1 Å². The standard InChI is InChI=1S/C41H58F2N4O7S/c1-30(48)36(45-38(49)14-17-52-20-21-54-23-22-53-19-18-51-5)28-55-29-39(50)47(16-9-15-44)40(41(2,3)4)37-24-32(34-25-33(42)12-13-35(34)43)27-46(37)26-31-10-7-6-8-11-31/h6-8,10-13,24-25,27,36,40H,9,14-23,26,28-29,44H2,1-5H3,(H,45,49). The maximum Gasteiger partial charge on any atom is 0.233 e. The Labute approximate surface area is 328 Å². The Morgan fingerprint density at radius 1 is 0.927 bits per heavy atom. The summed E-state index contributed by atoms with van der Waals surface area (Å²) in [5.41, 5.74) is 7.84. The molecular formula is C41H58F2N4O7S. The highest BCUT2D eigenvalue weighted by Crippen LogP contribution is 2.41. The number of nitrogens with one attached hydrogen (secondary N) is 1. The van der Waals surface area contributed by atoms with Crippen LogP contribution in [-0.4, -0.2) is 111 Å². The second kappa shape index (κ2) is 24.1. The van der Waals surface area contributed by atoms with Gasteiger partial charge in [-0.1, -0.05) is 51.1 Å². The maximum absolute atomic E-state index is 15.1.